The van der Waals surface area contributed by atoms with Crippen molar-refractivity contribution in [1.29, 1.82) is 0 Å². The maximum absolute atomic E-state index is 12.3. The molecule has 1 atom stereocenters. The maximum atomic E-state index is 12.3. The molecule has 0 heterocycles. The van der Waals surface area contributed by atoms with Gasteiger partial charge in [0.05, 0.1) is 17.5 Å². The van der Waals surface area contributed by atoms with Crippen molar-refractivity contribution in [3.63, 3.8) is 0 Å². The van der Waals surface area contributed by atoms with E-state index in [9.17, 15) is 13.2 Å². The van der Waals surface area contributed by atoms with Crippen LogP contribution in [-0.4, -0.2) is 34.6 Å². The van der Waals surface area contributed by atoms with Crippen LogP contribution in [0.3, 0.4) is 0 Å². The van der Waals surface area contributed by atoms with Gasteiger partial charge in [-0.3, -0.25) is 4.79 Å². The topological polar surface area (TPSA) is 84.5 Å². The van der Waals surface area contributed by atoms with Crippen LogP contribution in [0.2, 0.25) is 5.02 Å². The number of hydrogen-bond donors (Lipinski definition) is 2. The van der Waals surface area contributed by atoms with Gasteiger partial charge in [-0.05, 0) is 48.9 Å². The van der Waals surface area contributed by atoms with E-state index in [2.05, 4.69) is 10.0 Å². The van der Waals surface area contributed by atoms with Crippen molar-refractivity contribution in [2.45, 2.75) is 17.9 Å². The smallest absolute Gasteiger partial charge is 0.251 e. The van der Waals surface area contributed by atoms with Gasteiger partial charge in [0.25, 0.3) is 5.91 Å². The zero-order chi connectivity index (χ0) is 19.2. The van der Waals surface area contributed by atoms with E-state index in [4.69, 9.17) is 16.3 Å². The highest BCUT2D eigenvalue weighted by Crippen LogP contribution is 2.17. The standard InChI is InChI=1S/C18H21ClN2O4S/c1-13(14-3-7-16(19)8-4-14)21-18(22)15-5-9-17(10-6-15)26(23,24)20-11-12-25-2/h3-10,13,20H,11-12H2,1-2H3,(H,21,22). The van der Waals surface area contributed by atoms with Crippen LogP contribution in [0.1, 0.15) is 28.9 Å². The van der Waals surface area contributed by atoms with E-state index in [1.54, 1.807) is 12.1 Å². The van der Waals surface area contributed by atoms with Gasteiger partial charge < -0.3 is 10.1 Å². The molecule has 0 aromatic heterocycles. The summed E-state index contributed by atoms with van der Waals surface area (Å²) < 4.78 is 31.4. The fraction of sp³-hybridized carbons (Fsp3) is 0.278. The lowest BCUT2D eigenvalue weighted by Gasteiger charge is -2.15. The molecule has 2 aromatic carbocycles. The number of amides is 1. The predicted octanol–water partition coefficient (Wildman–Crippen LogP) is 2.76. The van der Waals surface area contributed by atoms with Gasteiger partial charge in [-0.2, -0.15) is 0 Å². The molecule has 0 aliphatic heterocycles. The van der Waals surface area contributed by atoms with Crippen LogP contribution in [0.25, 0.3) is 0 Å². The molecule has 0 saturated carbocycles. The summed E-state index contributed by atoms with van der Waals surface area (Å²) in [6.07, 6.45) is 0. The Balaban J connectivity index is 2.03. The van der Waals surface area contributed by atoms with E-state index >= 15 is 0 Å². The molecule has 0 aliphatic rings. The molecule has 1 unspecified atom stereocenters. The summed E-state index contributed by atoms with van der Waals surface area (Å²) in [7, 11) is -2.13. The average molecular weight is 397 g/mol. The second-order valence-electron chi connectivity index (χ2n) is 5.66. The first-order valence-electron chi connectivity index (χ1n) is 7.98. The van der Waals surface area contributed by atoms with Crippen molar-refractivity contribution in [3.05, 3.63) is 64.7 Å². The Kier molecular flexibility index (Phi) is 7.16. The van der Waals surface area contributed by atoms with E-state index in [-0.39, 0.29) is 30.0 Å². The zero-order valence-electron chi connectivity index (χ0n) is 14.5. The molecule has 0 bridgehead atoms. The highest BCUT2D eigenvalue weighted by Gasteiger charge is 2.15. The Morgan fingerprint density at radius 3 is 2.31 bits per heavy atom. The van der Waals surface area contributed by atoms with Crippen molar-refractivity contribution >= 4 is 27.5 Å². The van der Waals surface area contributed by atoms with Gasteiger partial charge in [0.2, 0.25) is 10.0 Å². The highest BCUT2D eigenvalue weighted by molar-refractivity contribution is 7.89. The fourth-order valence-corrected chi connectivity index (χ4v) is 3.40. The number of nitrogens with one attached hydrogen (secondary N) is 2. The van der Waals surface area contributed by atoms with Gasteiger partial charge in [-0.25, -0.2) is 13.1 Å². The van der Waals surface area contributed by atoms with Crippen molar-refractivity contribution in [2.75, 3.05) is 20.3 Å². The minimum absolute atomic E-state index is 0.0934. The van der Waals surface area contributed by atoms with Crippen molar-refractivity contribution in [2.24, 2.45) is 0 Å². The molecule has 0 spiro atoms. The summed E-state index contributed by atoms with van der Waals surface area (Å²) in [5.74, 6) is -0.288. The van der Waals surface area contributed by atoms with Crippen LogP contribution >= 0.6 is 11.6 Å². The van der Waals surface area contributed by atoms with Crippen molar-refractivity contribution in [3.8, 4) is 0 Å². The molecular formula is C18H21ClN2O4S. The van der Waals surface area contributed by atoms with E-state index < -0.39 is 10.0 Å². The van der Waals surface area contributed by atoms with Gasteiger partial charge in [0.15, 0.2) is 0 Å². The summed E-state index contributed by atoms with van der Waals surface area (Å²) in [4.78, 5) is 12.4. The van der Waals surface area contributed by atoms with E-state index in [0.29, 0.717) is 10.6 Å². The van der Waals surface area contributed by atoms with Crippen LogP contribution in [0, 0.1) is 0 Å². The minimum atomic E-state index is -3.62. The van der Waals surface area contributed by atoms with Crippen molar-refractivity contribution in [1.82, 2.24) is 10.0 Å². The molecule has 2 N–H and O–H groups in total. The number of ether oxygens (including phenoxy) is 1. The molecule has 26 heavy (non-hydrogen) atoms. The number of hydrogen-bond acceptors (Lipinski definition) is 4. The average Bonchev–Trinajstić information content (AvgIpc) is 2.62. The molecule has 6 nitrogen and oxygen atoms in total. The largest absolute Gasteiger partial charge is 0.383 e. The van der Waals surface area contributed by atoms with E-state index in [1.165, 1.54) is 31.4 Å². The third-order valence-electron chi connectivity index (χ3n) is 3.74. The Bertz CT molecular complexity index is 836. The maximum Gasteiger partial charge on any atom is 0.251 e. The van der Waals surface area contributed by atoms with E-state index in [1.807, 2.05) is 19.1 Å². The Morgan fingerprint density at radius 1 is 1.12 bits per heavy atom. The monoisotopic (exact) mass is 396 g/mol. The number of rotatable bonds is 8. The van der Waals surface area contributed by atoms with Crippen LogP contribution in [0.5, 0.6) is 0 Å². The lowest BCUT2D eigenvalue weighted by molar-refractivity contribution is 0.0940. The second-order valence-corrected chi connectivity index (χ2v) is 7.87. The molecule has 2 rings (SSSR count). The summed E-state index contributed by atoms with van der Waals surface area (Å²) in [5.41, 5.74) is 1.30. The number of benzene rings is 2. The van der Waals surface area contributed by atoms with Gasteiger partial charge in [-0.1, -0.05) is 23.7 Å². The second kappa shape index (κ2) is 9.14. The molecule has 0 aliphatic carbocycles. The first kappa shape index (κ1) is 20.4. The van der Waals surface area contributed by atoms with Crippen LogP contribution < -0.4 is 10.0 Å². The lowest BCUT2D eigenvalue weighted by Crippen LogP contribution is -2.28. The fourth-order valence-electron chi connectivity index (χ4n) is 2.26. The first-order valence-corrected chi connectivity index (χ1v) is 9.84. The van der Waals surface area contributed by atoms with Gasteiger partial charge >= 0.3 is 0 Å². The zero-order valence-corrected chi connectivity index (χ0v) is 16.1. The first-order chi connectivity index (χ1) is 12.3. The number of methoxy groups -OCH3 is 1. The number of sulfonamides is 1. The predicted molar refractivity (Wildman–Crippen MR) is 101 cm³/mol. The molecular weight excluding hydrogens is 376 g/mol. The highest BCUT2D eigenvalue weighted by atomic mass is 35.5. The number of carbonyl (C=O) groups excluding carboxylic acids is 1. The Labute approximate surface area is 158 Å². The summed E-state index contributed by atoms with van der Waals surface area (Å²) >= 11 is 5.86. The molecule has 0 saturated heterocycles. The quantitative estimate of drug-likeness (QED) is 0.672. The molecule has 0 fully saturated rings. The normalized spacial score (nSPS) is 12.6. The van der Waals surface area contributed by atoms with Crippen LogP contribution in [0.4, 0.5) is 0 Å². The van der Waals surface area contributed by atoms with E-state index in [0.717, 1.165) is 5.56 Å². The Hall–Kier alpha value is -1.93. The van der Waals surface area contributed by atoms with Gasteiger partial charge in [0.1, 0.15) is 0 Å². The summed E-state index contributed by atoms with van der Waals surface area (Å²) in [6, 6.07) is 12.8. The Morgan fingerprint density at radius 2 is 1.73 bits per heavy atom. The van der Waals surface area contributed by atoms with Crippen molar-refractivity contribution < 1.29 is 17.9 Å². The molecule has 1 amide bonds. The third kappa shape index (κ3) is 5.54. The minimum Gasteiger partial charge on any atom is -0.383 e. The SMILES string of the molecule is COCCNS(=O)(=O)c1ccc(C(=O)NC(C)c2ccc(Cl)cc2)cc1. The molecule has 8 heteroatoms. The number of carbonyl (C=O) groups is 1. The molecule has 140 valence electrons. The van der Waals surface area contributed by atoms with Gasteiger partial charge in [-0.15, -0.1) is 0 Å². The molecule has 2 aromatic rings. The number of halogens is 1. The lowest BCUT2D eigenvalue weighted by atomic mass is 10.1. The van der Waals surface area contributed by atoms with Gasteiger partial charge in [0, 0.05) is 24.2 Å². The summed E-state index contributed by atoms with van der Waals surface area (Å²) in [6.45, 7) is 2.32. The van der Waals surface area contributed by atoms with Crippen LogP contribution in [0.15, 0.2) is 53.4 Å². The summed E-state index contributed by atoms with van der Waals surface area (Å²) in [5, 5.41) is 3.50. The van der Waals surface area contributed by atoms with Crippen LogP contribution in [-0.2, 0) is 14.8 Å². The molecule has 0 radical (unpaired) electrons. The third-order valence-corrected chi connectivity index (χ3v) is 5.47.